The third kappa shape index (κ3) is 5.89. The molecule has 5 aliphatic heterocycles. The predicted octanol–water partition coefficient (Wildman–Crippen LogP) is 1.12. The number of aliphatic hydroxyl groups is 1. The summed E-state index contributed by atoms with van der Waals surface area (Å²) in [6.45, 7) is -0.552. The van der Waals surface area contributed by atoms with Crippen LogP contribution in [0.25, 0.3) is 0 Å². The van der Waals surface area contributed by atoms with Gasteiger partial charge in [0.2, 0.25) is 0 Å². The van der Waals surface area contributed by atoms with E-state index in [1.54, 1.807) is 0 Å². The van der Waals surface area contributed by atoms with Crippen molar-refractivity contribution in [3.05, 3.63) is 0 Å². The van der Waals surface area contributed by atoms with E-state index in [1.807, 2.05) is 0 Å². The van der Waals surface area contributed by atoms with Crippen LogP contribution in [0.4, 0.5) is 0 Å². The minimum absolute atomic E-state index is 0. The molecule has 0 radical (unpaired) electrons. The van der Waals surface area contributed by atoms with Gasteiger partial charge >= 0.3 is 5.97 Å². The molecule has 0 aromatic carbocycles. The van der Waals surface area contributed by atoms with Gasteiger partial charge in [0.1, 0.15) is 12.7 Å². The summed E-state index contributed by atoms with van der Waals surface area (Å²) >= 11 is 0. The molecule has 12 heteroatoms. The van der Waals surface area contributed by atoms with Gasteiger partial charge in [0, 0.05) is 27.6 Å². The number of aliphatic hydroxyl groups excluding tert-OH is 1. The number of hydrogen-bond acceptors (Lipinski definition) is 11. The van der Waals surface area contributed by atoms with Gasteiger partial charge in [-0.15, -0.1) is 0 Å². The van der Waals surface area contributed by atoms with Crippen molar-refractivity contribution in [1.82, 2.24) is 42.5 Å². The molecule has 9 fully saturated rings. The first-order chi connectivity index (χ1) is 22.1. The maximum Gasteiger partial charge on any atom is 0.332 e. The van der Waals surface area contributed by atoms with E-state index in [9.17, 15) is 9.90 Å². The molecule has 256 valence electrons. The Morgan fingerprint density at radius 3 is 1.11 bits per heavy atom. The first-order valence-electron chi connectivity index (χ1n) is 19.0. The Morgan fingerprint density at radius 1 is 0.457 bits per heavy atom. The van der Waals surface area contributed by atoms with Crippen LogP contribution in [0.5, 0.6) is 0 Å². The van der Waals surface area contributed by atoms with Gasteiger partial charge in [0.25, 0.3) is 0 Å². The van der Waals surface area contributed by atoms with Crippen molar-refractivity contribution in [2.75, 3.05) is 6.61 Å². The average Bonchev–Trinajstić information content (AvgIpc) is 3.80. The van der Waals surface area contributed by atoms with Crippen LogP contribution in [-0.2, 0) is 31.2 Å². The van der Waals surface area contributed by atoms with Gasteiger partial charge in [0.05, 0.1) is 49.3 Å². The summed E-state index contributed by atoms with van der Waals surface area (Å²) in [6.07, 6.45) is 20.5. The third-order valence-electron chi connectivity index (χ3n) is 14.2. The van der Waals surface area contributed by atoms with Gasteiger partial charge < -0.3 is 9.84 Å². The summed E-state index contributed by atoms with van der Waals surface area (Å²) in [5.41, 5.74) is 0. The van der Waals surface area contributed by atoms with Crippen LogP contribution in [0, 0.1) is 47.3 Å². The summed E-state index contributed by atoms with van der Waals surface area (Å²) in [6, 6.07) is 0. The van der Waals surface area contributed by atoms with Crippen molar-refractivity contribution in [1.29, 1.82) is 0 Å². The maximum atomic E-state index is 12.4. The zero-order valence-corrected chi connectivity index (χ0v) is 29.0. The molecule has 17 unspecified atom stereocenters. The van der Waals surface area contributed by atoms with Crippen LogP contribution >= 0.6 is 0 Å². The minimum atomic E-state index is -0.552. The van der Waals surface area contributed by atoms with Crippen LogP contribution < -0.4 is 42.5 Å². The van der Waals surface area contributed by atoms with E-state index < -0.39 is 12.6 Å². The molecule has 0 aromatic rings. The number of rotatable bonds is 2. The molecule has 0 aromatic heterocycles. The molecule has 5 heterocycles. The van der Waals surface area contributed by atoms with Gasteiger partial charge in [-0.1, -0.05) is 38.5 Å². The summed E-state index contributed by atoms with van der Waals surface area (Å²) in [7, 11) is 0. The fourth-order valence-electron chi connectivity index (χ4n) is 12.3. The molecule has 0 amide bonds. The molecule has 5 saturated heterocycles. The Hall–Kier alpha value is -0.176. The molecule has 46 heavy (non-hydrogen) atoms. The minimum Gasteiger partial charge on any atom is -0.460 e. The number of carbonyl (C=O) groups excluding carboxylic acids is 1. The third-order valence-corrected chi connectivity index (χ3v) is 14.2. The molecule has 9 rings (SSSR count). The van der Waals surface area contributed by atoms with Crippen LogP contribution in [0.15, 0.2) is 0 Å². The van der Waals surface area contributed by atoms with E-state index in [2.05, 4.69) is 42.5 Å². The Balaban J connectivity index is 0.00000312. The van der Waals surface area contributed by atoms with Crippen molar-refractivity contribution in [3.8, 4) is 0 Å². The van der Waals surface area contributed by atoms with E-state index in [-0.39, 0.29) is 64.6 Å². The van der Waals surface area contributed by atoms with E-state index in [0.29, 0.717) is 59.9 Å². The summed E-state index contributed by atoms with van der Waals surface area (Å²) in [5.74, 6) is 3.83. The van der Waals surface area contributed by atoms with Crippen LogP contribution in [0.2, 0.25) is 0 Å². The predicted molar refractivity (Wildman–Crippen MR) is 170 cm³/mol. The van der Waals surface area contributed by atoms with Crippen LogP contribution in [0.1, 0.15) is 96.3 Å². The second-order valence-electron chi connectivity index (χ2n) is 16.3. The van der Waals surface area contributed by atoms with Gasteiger partial charge in [0.15, 0.2) is 0 Å². The number of ether oxygens (including phenoxy) is 1. The van der Waals surface area contributed by atoms with E-state index in [1.165, 1.54) is 77.0 Å². The molecule has 9 aliphatic rings. The Bertz CT molecular complexity index is 1090. The van der Waals surface area contributed by atoms with Gasteiger partial charge in [-0.05, 0) is 99.2 Å². The molecule has 8 bridgehead atoms. The van der Waals surface area contributed by atoms with E-state index >= 15 is 0 Å². The molecule has 0 spiro atoms. The van der Waals surface area contributed by atoms with Crippen LogP contribution in [-0.4, -0.2) is 73.1 Å². The first kappa shape index (κ1) is 33.0. The number of carbonyl (C=O) groups is 1. The molecule has 17 atom stereocenters. The van der Waals surface area contributed by atoms with Crippen molar-refractivity contribution >= 4 is 5.97 Å². The van der Waals surface area contributed by atoms with Crippen molar-refractivity contribution < 1.29 is 36.4 Å². The molecule has 11 nitrogen and oxygen atoms in total. The van der Waals surface area contributed by atoms with Gasteiger partial charge in [-0.3, -0.25) is 42.5 Å². The van der Waals surface area contributed by atoms with Crippen molar-refractivity contribution in [2.24, 2.45) is 47.3 Å². The second-order valence-corrected chi connectivity index (χ2v) is 16.3. The summed E-state index contributed by atoms with van der Waals surface area (Å²) in [4.78, 5) is 12.4. The first-order valence-corrected chi connectivity index (χ1v) is 19.0. The Kier molecular flexibility index (Phi) is 9.94. The van der Waals surface area contributed by atoms with Crippen molar-refractivity contribution in [3.63, 3.8) is 0 Å². The average molecular weight is 675 g/mol. The number of nitrogens with one attached hydrogen (secondary N) is 8. The SMILES string of the molecule is O=C(CO)OC1CCCC2C3NC4NC(NC5NC(NC6NC(NC(N3)C12)C1CCCCC61)C1CCCCC51)C1CCCCC41.[Ti]. The monoisotopic (exact) mass is 674 g/mol. The largest absolute Gasteiger partial charge is 0.460 e. The maximum absolute atomic E-state index is 12.4. The topological polar surface area (TPSA) is 143 Å². The number of fused-ring (bicyclic) bond motifs is 20. The van der Waals surface area contributed by atoms with E-state index in [0.717, 1.165) is 19.3 Å². The second kappa shape index (κ2) is 13.9. The quantitative estimate of drug-likeness (QED) is 0.154. The summed E-state index contributed by atoms with van der Waals surface area (Å²) < 4.78 is 5.98. The Morgan fingerprint density at radius 2 is 0.761 bits per heavy atom. The summed E-state index contributed by atoms with van der Waals surface area (Å²) in [5, 5.41) is 42.7. The fraction of sp³-hybridized carbons (Fsp3) is 0.971. The van der Waals surface area contributed by atoms with Crippen LogP contribution in [0.3, 0.4) is 0 Å². The molecule has 9 N–H and O–H groups in total. The van der Waals surface area contributed by atoms with Crippen molar-refractivity contribution in [2.45, 2.75) is 152 Å². The number of esters is 1. The fourth-order valence-corrected chi connectivity index (χ4v) is 12.3. The Labute approximate surface area is 289 Å². The molecular weight excluding hydrogens is 616 g/mol. The molecule has 4 saturated carbocycles. The normalized spacial score (nSPS) is 52.8. The van der Waals surface area contributed by atoms with Gasteiger partial charge in [-0.25, -0.2) is 4.79 Å². The smallest absolute Gasteiger partial charge is 0.332 e. The van der Waals surface area contributed by atoms with E-state index in [4.69, 9.17) is 4.74 Å². The molecule has 4 aliphatic carbocycles. The zero-order valence-electron chi connectivity index (χ0n) is 27.4. The standard InChI is InChI=1S/C34H58N8O3.Ti/c43-16-25(44)45-24-15-7-14-23-26(24)34-41-32-22-13-6-5-12-21(22)30(39-32)37-28-18-9-2-1-8-17(18)27(35-28)36-29-19-10-3-4-11-20(19)31(38-29)40-33(23)42-34;/h17-24,26-43H,1-16H2;. The number of hydrogen-bond donors (Lipinski definition) is 9. The van der Waals surface area contributed by atoms with Gasteiger partial charge in [-0.2, -0.15) is 0 Å². The zero-order chi connectivity index (χ0) is 30.1. The molecular formula is C34H58N8O3Ti.